The Morgan fingerprint density at radius 2 is 2.10 bits per heavy atom. The van der Waals surface area contributed by atoms with E-state index >= 15 is 0 Å². The minimum atomic E-state index is -0.227. The summed E-state index contributed by atoms with van der Waals surface area (Å²) in [4.78, 5) is 4.35. The second-order valence-corrected chi connectivity index (χ2v) is 5.22. The zero-order valence-electron chi connectivity index (χ0n) is 12.5. The number of benzene rings is 1. The van der Waals surface area contributed by atoms with E-state index in [0.29, 0.717) is 12.4 Å². The molecule has 21 heavy (non-hydrogen) atoms. The number of rotatable bonds is 6. The zero-order chi connectivity index (χ0) is 15.2. The number of ether oxygens (including phenoxy) is 1. The molecular weight excluding hydrogens is 267 g/mol. The first-order valence-electron chi connectivity index (χ1n) is 7.17. The molecule has 0 bridgehead atoms. The van der Waals surface area contributed by atoms with Gasteiger partial charge >= 0.3 is 0 Å². The van der Waals surface area contributed by atoms with Crippen LogP contribution in [0.5, 0.6) is 5.75 Å². The van der Waals surface area contributed by atoms with E-state index in [1.165, 1.54) is 12.1 Å². The fraction of sp³-hybridized carbons (Fsp3) is 0.353. The van der Waals surface area contributed by atoms with Gasteiger partial charge in [-0.1, -0.05) is 13.0 Å². The van der Waals surface area contributed by atoms with E-state index in [0.717, 1.165) is 29.7 Å². The number of aromatic nitrogens is 1. The maximum atomic E-state index is 13.0. The van der Waals surface area contributed by atoms with Crippen LogP contribution in [-0.4, -0.2) is 11.0 Å². The van der Waals surface area contributed by atoms with Gasteiger partial charge in [0.15, 0.2) is 0 Å². The highest BCUT2D eigenvalue weighted by molar-refractivity contribution is 5.27. The molecule has 1 aromatic carbocycles. The second-order valence-electron chi connectivity index (χ2n) is 5.22. The molecule has 2 N–H and O–H groups in total. The van der Waals surface area contributed by atoms with Gasteiger partial charge in [-0.15, -0.1) is 0 Å². The Labute approximate surface area is 125 Å². The van der Waals surface area contributed by atoms with Crippen molar-refractivity contribution in [1.29, 1.82) is 0 Å². The lowest BCUT2D eigenvalue weighted by molar-refractivity contribution is 0.304. The number of aryl methyl sites for hydroxylation is 1. The molecule has 1 aromatic heterocycles. The molecule has 0 aliphatic carbocycles. The summed E-state index contributed by atoms with van der Waals surface area (Å²) in [6.07, 6.45) is 3.41. The number of hydrogen-bond acceptors (Lipinski definition) is 3. The summed E-state index contributed by atoms with van der Waals surface area (Å²) in [5.41, 5.74) is 8.72. The lowest BCUT2D eigenvalue weighted by atomic mass is 10.1. The summed E-state index contributed by atoms with van der Waals surface area (Å²) in [5, 5.41) is 0. The van der Waals surface area contributed by atoms with Crippen molar-refractivity contribution in [1.82, 2.24) is 4.98 Å². The molecule has 0 saturated heterocycles. The van der Waals surface area contributed by atoms with Gasteiger partial charge in [0.2, 0.25) is 0 Å². The highest BCUT2D eigenvalue weighted by Gasteiger charge is 2.04. The molecule has 2 aromatic rings. The van der Waals surface area contributed by atoms with Crippen LogP contribution < -0.4 is 10.5 Å². The fourth-order valence-electron chi connectivity index (χ4n) is 2.01. The maximum absolute atomic E-state index is 13.0. The molecule has 1 heterocycles. The quantitative estimate of drug-likeness (QED) is 0.886. The van der Waals surface area contributed by atoms with E-state index in [4.69, 9.17) is 10.5 Å². The molecule has 2 rings (SSSR count). The summed E-state index contributed by atoms with van der Waals surface area (Å²) in [6, 6.07) is 8.66. The molecule has 112 valence electrons. The highest BCUT2D eigenvalue weighted by Crippen LogP contribution is 2.15. The van der Waals surface area contributed by atoms with Gasteiger partial charge in [-0.05, 0) is 48.7 Å². The monoisotopic (exact) mass is 288 g/mol. The van der Waals surface area contributed by atoms with E-state index in [-0.39, 0.29) is 11.9 Å². The molecule has 0 aliphatic rings. The van der Waals surface area contributed by atoms with Crippen molar-refractivity contribution in [3.63, 3.8) is 0 Å². The molecule has 0 amide bonds. The van der Waals surface area contributed by atoms with Gasteiger partial charge in [0.25, 0.3) is 0 Å². The van der Waals surface area contributed by atoms with Gasteiger partial charge in [-0.25, -0.2) is 4.39 Å². The molecule has 1 unspecified atom stereocenters. The van der Waals surface area contributed by atoms with E-state index in [2.05, 4.69) is 11.9 Å². The molecule has 4 heteroatoms. The molecule has 3 nitrogen and oxygen atoms in total. The Morgan fingerprint density at radius 1 is 1.29 bits per heavy atom. The highest BCUT2D eigenvalue weighted by atomic mass is 19.1. The number of hydrogen-bond donors (Lipinski definition) is 1. The van der Waals surface area contributed by atoms with Crippen molar-refractivity contribution in [2.24, 2.45) is 5.73 Å². The van der Waals surface area contributed by atoms with Crippen molar-refractivity contribution < 1.29 is 9.13 Å². The van der Waals surface area contributed by atoms with E-state index < -0.39 is 0 Å². The minimum Gasteiger partial charge on any atom is -0.487 e. The van der Waals surface area contributed by atoms with Gasteiger partial charge in [0.1, 0.15) is 18.2 Å². The Hall–Kier alpha value is -1.94. The Balaban J connectivity index is 1.94. The van der Waals surface area contributed by atoms with Crippen LogP contribution in [0.4, 0.5) is 4.39 Å². The van der Waals surface area contributed by atoms with Crippen molar-refractivity contribution in [2.45, 2.75) is 39.3 Å². The number of nitrogens with two attached hydrogens (primary N) is 1. The smallest absolute Gasteiger partial charge is 0.138 e. The topological polar surface area (TPSA) is 48.1 Å². The molecule has 0 saturated carbocycles. The predicted molar refractivity (Wildman–Crippen MR) is 81.7 cm³/mol. The third-order valence-corrected chi connectivity index (χ3v) is 3.49. The Bertz CT molecular complexity index is 584. The summed E-state index contributed by atoms with van der Waals surface area (Å²) < 4.78 is 18.7. The van der Waals surface area contributed by atoms with Gasteiger partial charge in [-0.2, -0.15) is 0 Å². The van der Waals surface area contributed by atoms with E-state index in [1.807, 2.05) is 19.1 Å². The summed E-state index contributed by atoms with van der Waals surface area (Å²) in [5.74, 6) is 0.474. The molecular formula is C17H21FN2O. The maximum Gasteiger partial charge on any atom is 0.138 e. The summed E-state index contributed by atoms with van der Waals surface area (Å²) >= 11 is 0. The van der Waals surface area contributed by atoms with E-state index in [1.54, 1.807) is 12.3 Å². The van der Waals surface area contributed by atoms with Crippen LogP contribution in [0, 0.1) is 12.7 Å². The summed E-state index contributed by atoms with van der Waals surface area (Å²) in [7, 11) is 0. The Morgan fingerprint density at radius 3 is 2.71 bits per heavy atom. The van der Waals surface area contributed by atoms with Gasteiger partial charge in [-0.3, -0.25) is 4.98 Å². The van der Waals surface area contributed by atoms with Crippen LogP contribution in [0.3, 0.4) is 0 Å². The first-order valence-corrected chi connectivity index (χ1v) is 7.17. The molecule has 0 aliphatic heterocycles. The van der Waals surface area contributed by atoms with Crippen molar-refractivity contribution >= 4 is 0 Å². The number of halogens is 1. The van der Waals surface area contributed by atoms with Gasteiger partial charge in [0, 0.05) is 18.2 Å². The Kier molecular flexibility index (Phi) is 5.28. The minimum absolute atomic E-state index is 0.145. The molecule has 0 radical (unpaired) electrons. The SMILES string of the molecule is CCC(N)Cc1ccc(OCc2ccc(F)cc2C)cn1. The van der Waals surface area contributed by atoms with Crippen molar-refractivity contribution in [3.05, 3.63) is 59.2 Å². The molecule has 1 atom stereocenters. The van der Waals surface area contributed by atoms with Crippen LogP contribution in [-0.2, 0) is 13.0 Å². The summed E-state index contributed by atoms with van der Waals surface area (Å²) in [6.45, 7) is 4.34. The number of pyridine rings is 1. The van der Waals surface area contributed by atoms with Gasteiger partial charge < -0.3 is 10.5 Å². The first kappa shape index (κ1) is 15.4. The number of nitrogens with zero attached hydrogens (tertiary/aromatic N) is 1. The third-order valence-electron chi connectivity index (χ3n) is 3.49. The average molecular weight is 288 g/mol. The lowest BCUT2D eigenvalue weighted by Crippen LogP contribution is -2.21. The lowest BCUT2D eigenvalue weighted by Gasteiger charge is -2.10. The second kappa shape index (κ2) is 7.18. The van der Waals surface area contributed by atoms with Crippen molar-refractivity contribution in [3.8, 4) is 5.75 Å². The first-order chi connectivity index (χ1) is 10.1. The van der Waals surface area contributed by atoms with Crippen molar-refractivity contribution in [2.75, 3.05) is 0 Å². The molecule has 0 fully saturated rings. The largest absolute Gasteiger partial charge is 0.487 e. The fourth-order valence-corrected chi connectivity index (χ4v) is 2.01. The van der Waals surface area contributed by atoms with Crippen LogP contribution in [0.1, 0.15) is 30.2 Å². The zero-order valence-corrected chi connectivity index (χ0v) is 12.5. The van der Waals surface area contributed by atoms with Crippen LogP contribution >= 0.6 is 0 Å². The van der Waals surface area contributed by atoms with Gasteiger partial charge in [0.05, 0.1) is 6.20 Å². The normalized spacial score (nSPS) is 12.2. The predicted octanol–water partition coefficient (Wildman–Crippen LogP) is 3.39. The average Bonchev–Trinajstić information content (AvgIpc) is 2.48. The third kappa shape index (κ3) is 4.53. The van der Waals surface area contributed by atoms with Crippen LogP contribution in [0.25, 0.3) is 0 Å². The standard InChI is InChI=1S/C17H21FN2O/c1-3-15(19)9-16-6-7-17(10-20-16)21-11-13-4-5-14(18)8-12(13)2/h4-8,10,15H,3,9,11,19H2,1-2H3. The van der Waals surface area contributed by atoms with Crippen LogP contribution in [0.15, 0.2) is 36.5 Å². The molecule has 0 spiro atoms. The van der Waals surface area contributed by atoms with Crippen LogP contribution in [0.2, 0.25) is 0 Å². The van der Waals surface area contributed by atoms with E-state index in [9.17, 15) is 4.39 Å².